The van der Waals surface area contributed by atoms with E-state index >= 15 is 0 Å². The molecule has 4 N–H and O–H groups in total. The summed E-state index contributed by atoms with van der Waals surface area (Å²) in [7, 11) is 0. The lowest BCUT2D eigenvalue weighted by molar-refractivity contribution is 0.318. The second kappa shape index (κ2) is 5.20. The van der Waals surface area contributed by atoms with E-state index in [9.17, 15) is 4.79 Å². The second-order valence-electron chi connectivity index (χ2n) is 4.68. The van der Waals surface area contributed by atoms with Crippen LogP contribution in [0.15, 0.2) is 26.3 Å². The van der Waals surface area contributed by atoms with Crippen LogP contribution in [0.5, 0.6) is 0 Å². The molecule has 2 heterocycles. The zero-order valence-electron chi connectivity index (χ0n) is 11.1. The van der Waals surface area contributed by atoms with Crippen molar-refractivity contribution in [1.29, 1.82) is 0 Å². The summed E-state index contributed by atoms with van der Waals surface area (Å²) in [5.74, 6) is -0.0936. The van der Waals surface area contributed by atoms with Crippen LogP contribution in [0.3, 0.4) is 0 Å². The fourth-order valence-electron chi connectivity index (χ4n) is 1.87. The van der Waals surface area contributed by atoms with E-state index in [1.807, 2.05) is 0 Å². The number of amidine groups is 1. The topological polar surface area (TPSA) is 135 Å². The number of nitrogens with zero attached hydrogens (tertiary/aromatic N) is 5. The quantitative estimate of drug-likeness (QED) is 0.242. The summed E-state index contributed by atoms with van der Waals surface area (Å²) in [6.45, 7) is 1.78. The maximum Gasteiger partial charge on any atom is 0.344 e. The van der Waals surface area contributed by atoms with Crippen molar-refractivity contribution in [3.63, 3.8) is 0 Å². The van der Waals surface area contributed by atoms with Gasteiger partial charge in [0.15, 0.2) is 16.1 Å². The smallest absolute Gasteiger partial charge is 0.344 e. The Morgan fingerprint density at radius 3 is 3.00 bits per heavy atom. The number of aryl methyl sites for hydroxylation is 1. The van der Waals surface area contributed by atoms with E-state index in [1.54, 1.807) is 17.6 Å². The van der Waals surface area contributed by atoms with Gasteiger partial charge in [-0.3, -0.25) is 4.57 Å². The zero-order chi connectivity index (χ0) is 15.0. The molecule has 0 aromatic carbocycles. The van der Waals surface area contributed by atoms with Crippen LogP contribution in [-0.4, -0.2) is 35.8 Å². The molecule has 0 saturated heterocycles. The van der Waals surface area contributed by atoms with Crippen molar-refractivity contribution in [1.82, 2.24) is 24.7 Å². The number of nitrogens with one attached hydrogen (secondary N) is 1. The molecule has 0 atom stereocenters. The van der Waals surface area contributed by atoms with E-state index in [4.69, 9.17) is 10.9 Å². The summed E-state index contributed by atoms with van der Waals surface area (Å²) in [4.78, 5) is 20.2. The van der Waals surface area contributed by atoms with Gasteiger partial charge in [-0.05, 0) is 37.6 Å². The van der Waals surface area contributed by atoms with E-state index in [2.05, 4.69) is 25.3 Å². The molecule has 1 saturated carbocycles. The number of nitrogens with two attached hydrogens (primary N) is 1. The second-order valence-corrected chi connectivity index (χ2v) is 5.61. The molecule has 1 fully saturated rings. The third-order valence-corrected chi connectivity index (χ3v) is 3.81. The molecule has 2 aromatic rings. The minimum Gasteiger partial charge on any atom is -0.409 e. The molecule has 0 aliphatic heterocycles. The summed E-state index contributed by atoms with van der Waals surface area (Å²) in [6.07, 6.45) is 1.94. The molecule has 9 nitrogen and oxygen atoms in total. The van der Waals surface area contributed by atoms with Crippen molar-refractivity contribution in [3.8, 4) is 0 Å². The van der Waals surface area contributed by atoms with E-state index in [0.717, 1.165) is 12.8 Å². The Balaban J connectivity index is 1.95. The van der Waals surface area contributed by atoms with Crippen LogP contribution in [0.1, 0.15) is 30.3 Å². The molecule has 0 spiro atoms. The molecule has 0 radical (unpaired) electrons. The third-order valence-electron chi connectivity index (χ3n) is 2.97. The van der Waals surface area contributed by atoms with Gasteiger partial charge in [0.05, 0.1) is 0 Å². The van der Waals surface area contributed by atoms with Crippen molar-refractivity contribution < 1.29 is 5.21 Å². The minimum atomic E-state index is -0.232. The zero-order valence-corrected chi connectivity index (χ0v) is 12.0. The van der Waals surface area contributed by atoms with Crippen molar-refractivity contribution in [2.24, 2.45) is 10.9 Å². The van der Waals surface area contributed by atoms with Crippen molar-refractivity contribution >= 4 is 17.6 Å². The number of H-pyrrole nitrogens is 1. The van der Waals surface area contributed by atoms with Gasteiger partial charge >= 0.3 is 5.69 Å². The first-order chi connectivity index (χ1) is 10.1. The van der Waals surface area contributed by atoms with E-state index in [-0.39, 0.29) is 17.6 Å². The third kappa shape index (κ3) is 2.75. The highest BCUT2D eigenvalue weighted by Gasteiger charge is 2.29. The highest BCUT2D eigenvalue weighted by atomic mass is 32.2. The standard InChI is InChI=1S/C11H13N7O2S/c1-5-4-7(8(12)17-20)14-9(13-5)21-11-16-15-10(19)18(11)6-2-3-6/h4,6,20H,2-3H2,1H3,(H2,12,17)(H,15,19). The molecule has 3 rings (SSSR count). The molecule has 1 aliphatic carbocycles. The van der Waals surface area contributed by atoms with Crippen molar-refractivity contribution in [2.75, 3.05) is 0 Å². The maximum atomic E-state index is 11.7. The van der Waals surface area contributed by atoms with E-state index in [1.165, 1.54) is 11.8 Å². The Labute approximate surface area is 123 Å². The molecule has 0 bridgehead atoms. The summed E-state index contributed by atoms with van der Waals surface area (Å²) < 4.78 is 1.61. The van der Waals surface area contributed by atoms with Crippen LogP contribution in [0, 0.1) is 6.92 Å². The van der Waals surface area contributed by atoms with Gasteiger partial charge in [-0.2, -0.15) is 0 Å². The number of aromatic amines is 1. The molecule has 2 aromatic heterocycles. The monoisotopic (exact) mass is 307 g/mol. The number of hydrogen-bond donors (Lipinski definition) is 3. The van der Waals surface area contributed by atoms with Crippen LogP contribution < -0.4 is 11.4 Å². The van der Waals surface area contributed by atoms with Gasteiger partial charge in [-0.15, -0.1) is 5.10 Å². The highest BCUT2D eigenvalue weighted by molar-refractivity contribution is 7.99. The highest BCUT2D eigenvalue weighted by Crippen LogP contribution is 2.37. The Bertz CT molecular complexity index is 762. The predicted octanol–water partition coefficient (Wildman–Crippen LogP) is 0.250. The molecular weight excluding hydrogens is 294 g/mol. The largest absolute Gasteiger partial charge is 0.409 e. The average Bonchev–Trinajstić information content (AvgIpc) is 3.22. The fraction of sp³-hybridized carbons (Fsp3) is 0.364. The first kappa shape index (κ1) is 13.6. The van der Waals surface area contributed by atoms with Crippen LogP contribution >= 0.6 is 11.8 Å². The van der Waals surface area contributed by atoms with Gasteiger partial charge in [-0.1, -0.05) is 5.16 Å². The molecule has 10 heteroatoms. The molecular formula is C11H13N7O2S. The normalized spacial score (nSPS) is 15.4. The number of aromatic nitrogens is 5. The van der Waals surface area contributed by atoms with Crippen LogP contribution in [0.4, 0.5) is 0 Å². The average molecular weight is 307 g/mol. The van der Waals surface area contributed by atoms with Gasteiger partial charge in [0.25, 0.3) is 0 Å². The van der Waals surface area contributed by atoms with Gasteiger partial charge in [0.1, 0.15) is 5.69 Å². The number of hydrogen-bond acceptors (Lipinski definition) is 7. The molecule has 110 valence electrons. The summed E-state index contributed by atoms with van der Waals surface area (Å²) >= 11 is 1.17. The predicted molar refractivity (Wildman–Crippen MR) is 74.5 cm³/mol. The fourth-order valence-corrected chi connectivity index (χ4v) is 2.79. The first-order valence-electron chi connectivity index (χ1n) is 6.27. The van der Waals surface area contributed by atoms with Crippen molar-refractivity contribution in [3.05, 3.63) is 27.9 Å². The number of rotatable bonds is 4. The Morgan fingerprint density at radius 2 is 2.33 bits per heavy atom. The lowest BCUT2D eigenvalue weighted by Crippen LogP contribution is -2.17. The van der Waals surface area contributed by atoms with Crippen molar-refractivity contribution in [2.45, 2.75) is 36.1 Å². The Morgan fingerprint density at radius 1 is 1.57 bits per heavy atom. The maximum absolute atomic E-state index is 11.7. The summed E-state index contributed by atoms with van der Waals surface area (Å²) in [5, 5.41) is 19.0. The van der Waals surface area contributed by atoms with Crippen LogP contribution in [-0.2, 0) is 0 Å². The lowest BCUT2D eigenvalue weighted by atomic mass is 10.3. The van der Waals surface area contributed by atoms with Gasteiger partial charge in [-0.25, -0.2) is 19.9 Å². The molecule has 0 unspecified atom stereocenters. The van der Waals surface area contributed by atoms with Gasteiger partial charge in [0, 0.05) is 11.7 Å². The molecule has 1 aliphatic rings. The van der Waals surface area contributed by atoms with Crippen LogP contribution in [0.25, 0.3) is 0 Å². The molecule has 0 amide bonds. The minimum absolute atomic E-state index is 0.0936. The van der Waals surface area contributed by atoms with Crippen LogP contribution in [0.2, 0.25) is 0 Å². The Kier molecular flexibility index (Phi) is 3.37. The van der Waals surface area contributed by atoms with Gasteiger partial charge in [0.2, 0.25) is 0 Å². The lowest BCUT2D eigenvalue weighted by Gasteiger charge is -2.05. The molecule has 21 heavy (non-hydrogen) atoms. The number of oxime groups is 1. The van der Waals surface area contributed by atoms with E-state index < -0.39 is 0 Å². The van der Waals surface area contributed by atoms with E-state index in [0.29, 0.717) is 21.7 Å². The summed E-state index contributed by atoms with van der Waals surface area (Å²) in [5.41, 5.74) is 6.30. The SMILES string of the molecule is Cc1cc(/C(N)=N/O)nc(Sc2n[nH]c(=O)n2C2CC2)n1. The Hall–Kier alpha value is -2.36. The first-order valence-corrected chi connectivity index (χ1v) is 7.08. The van der Waals surface area contributed by atoms with Gasteiger partial charge < -0.3 is 10.9 Å². The summed E-state index contributed by atoms with van der Waals surface area (Å²) in [6, 6.07) is 1.81.